The van der Waals surface area contributed by atoms with Crippen LogP contribution in [0.5, 0.6) is 0 Å². The van der Waals surface area contributed by atoms with Gasteiger partial charge in [-0.15, -0.1) is 0 Å². The lowest BCUT2D eigenvalue weighted by Gasteiger charge is -2.13. The van der Waals surface area contributed by atoms with Crippen molar-refractivity contribution in [2.45, 2.75) is 6.92 Å². The molecule has 0 aliphatic rings. The third kappa shape index (κ3) is 2.32. The lowest BCUT2D eigenvalue weighted by Crippen LogP contribution is -1.90. The summed E-state index contributed by atoms with van der Waals surface area (Å²) < 4.78 is 2.14. The highest BCUT2D eigenvalue weighted by atomic mass is 15.0. The third-order valence-corrected chi connectivity index (χ3v) is 6.16. The van der Waals surface area contributed by atoms with Crippen LogP contribution < -0.4 is 0 Å². The summed E-state index contributed by atoms with van der Waals surface area (Å²) in [5.41, 5.74) is 4.68. The molecule has 0 unspecified atom stereocenters. The Kier molecular flexibility index (Phi) is 3.33. The van der Waals surface area contributed by atoms with Gasteiger partial charge in [0.15, 0.2) is 0 Å². The van der Waals surface area contributed by atoms with Crippen LogP contribution in [0.15, 0.2) is 84.9 Å². The van der Waals surface area contributed by atoms with Crippen molar-refractivity contribution in [1.29, 1.82) is 0 Å². The Bertz CT molecular complexity index is 1570. The number of fused-ring (bicyclic) bond motifs is 6. The van der Waals surface area contributed by atoms with Gasteiger partial charge in [0, 0.05) is 7.05 Å². The fourth-order valence-corrected chi connectivity index (χ4v) is 4.61. The Morgan fingerprint density at radius 2 is 1.41 bits per heavy atom. The summed E-state index contributed by atoms with van der Waals surface area (Å²) in [6, 6.07) is 30.8. The Hall–Kier alpha value is -3.65. The van der Waals surface area contributed by atoms with E-state index in [9.17, 15) is 0 Å². The van der Waals surface area contributed by atoms with Crippen molar-refractivity contribution in [2.24, 2.45) is 7.05 Å². The summed E-state index contributed by atoms with van der Waals surface area (Å²) in [7, 11) is 2.07. The Balaban J connectivity index is 1.74. The van der Waals surface area contributed by atoms with E-state index in [2.05, 4.69) is 103 Å². The van der Waals surface area contributed by atoms with Crippen LogP contribution >= 0.6 is 0 Å². The molecule has 6 rings (SSSR count). The van der Waals surface area contributed by atoms with Crippen LogP contribution in [0.2, 0.25) is 0 Å². The molecule has 0 amide bonds. The van der Waals surface area contributed by atoms with Gasteiger partial charge < -0.3 is 4.57 Å². The van der Waals surface area contributed by atoms with Gasteiger partial charge in [0.1, 0.15) is 5.82 Å². The first-order valence-corrected chi connectivity index (χ1v) is 9.97. The minimum Gasteiger partial charge on any atom is -0.331 e. The second-order valence-electron chi connectivity index (χ2n) is 7.78. The molecule has 0 atom stereocenters. The molecule has 0 aliphatic carbocycles. The van der Waals surface area contributed by atoms with E-state index in [1.165, 1.54) is 49.0 Å². The summed E-state index contributed by atoms with van der Waals surface area (Å²) in [5.74, 6) is 1.03. The fraction of sp³-hybridized carbons (Fsp3) is 0.0741. The van der Waals surface area contributed by atoms with E-state index in [4.69, 9.17) is 4.98 Å². The van der Waals surface area contributed by atoms with Crippen LogP contribution in [-0.4, -0.2) is 9.55 Å². The van der Waals surface area contributed by atoms with Crippen LogP contribution in [-0.2, 0) is 7.05 Å². The summed E-state index contributed by atoms with van der Waals surface area (Å²) in [5, 5.41) is 7.77. The quantitative estimate of drug-likeness (QED) is 0.284. The van der Waals surface area contributed by atoms with E-state index >= 15 is 0 Å². The van der Waals surface area contributed by atoms with Crippen molar-refractivity contribution in [3.05, 3.63) is 90.8 Å². The molecular formula is C27H20N2. The van der Waals surface area contributed by atoms with Crippen LogP contribution in [0, 0.1) is 6.92 Å². The smallest absolute Gasteiger partial charge is 0.106 e. The molecule has 2 heteroatoms. The van der Waals surface area contributed by atoms with Crippen LogP contribution in [0.25, 0.3) is 54.5 Å². The highest BCUT2D eigenvalue weighted by Gasteiger charge is 2.12. The fourth-order valence-electron chi connectivity index (χ4n) is 4.61. The monoisotopic (exact) mass is 372 g/mol. The molecule has 0 bridgehead atoms. The van der Waals surface area contributed by atoms with E-state index in [0.29, 0.717) is 0 Å². The zero-order valence-corrected chi connectivity index (χ0v) is 16.5. The van der Waals surface area contributed by atoms with Crippen molar-refractivity contribution in [1.82, 2.24) is 9.55 Å². The Morgan fingerprint density at radius 1 is 0.690 bits per heavy atom. The minimum absolute atomic E-state index is 1.03. The van der Waals surface area contributed by atoms with Gasteiger partial charge in [-0.1, -0.05) is 66.7 Å². The number of nitrogens with zero attached hydrogens (tertiary/aromatic N) is 2. The normalized spacial score (nSPS) is 11.8. The maximum absolute atomic E-state index is 4.75. The van der Waals surface area contributed by atoms with Gasteiger partial charge in [-0.05, 0) is 68.6 Å². The molecule has 0 radical (unpaired) electrons. The molecule has 0 aliphatic heterocycles. The zero-order chi connectivity index (χ0) is 19.5. The van der Waals surface area contributed by atoms with Gasteiger partial charge in [0.25, 0.3) is 0 Å². The average molecular weight is 372 g/mol. The number of imidazole rings is 1. The van der Waals surface area contributed by atoms with Gasteiger partial charge in [0.2, 0.25) is 0 Å². The minimum atomic E-state index is 1.03. The summed E-state index contributed by atoms with van der Waals surface area (Å²) >= 11 is 0. The zero-order valence-electron chi connectivity index (χ0n) is 16.5. The first kappa shape index (κ1) is 16.3. The standard InChI is InChI=1S/C27H20N2/c1-17-28-25-16-19(13-14-26(25)29(17)2)24-15-20-12-11-18-7-3-4-8-21(18)27(20)23-10-6-5-9-22(23)24/h3-16H,1-2H3. The summed E-state index contributed by atoms with van der Waals surface area (Å²) in [6.45, 7) is 2.05. The van der Waals surface area contributed by atoms with Gasteiger partial charge in [-0.25, -0.2) is 4.98 Å². The molecule has 138 valence electrons. The van der Waals surface area contributed by atoms with Crippen molar-refractivity contribution in [3.8, 4) is 11.1 Å². The van der Waals surface area contributed by atoms with Crippen LogP contribution in [0.4, 0.5) is 0 Å². The van der Waals surface area contributed by atoms with Crippen molar-refractivity contribution < 1.29 is 0 Å². The molecule has 0 saturated heterocycles. The maximum Gasteiger partial charge on any atom is 0.106 e. The van der Waals surface area contributed by atoms with E-state index in [1.807, 2.05) is 0 Å². The number of hydrogen-bond acceptors (Lipinski definition) is 1. The molecule has 1 heterocycles. The number of hydrogen-bond donors (Lipinski definition) is 0. The highest BCUT2D eigenvalue weighted by Crippen LogP contribution is 2.38. The van der Waals surface area contributed by atoms with Gasteiger partial charge in [-0.3, -0.25) is 0 Å². The summed E-state index contributed by atoms with van der Waals surface area (Å²) in [6.07, 6.45) is 0. The highest BCUT2D eigenvalue weighted by molar-refractivity contribution is 6.23. The van der Waals surface area contributed by atoms with E-state index in [1.54, 1.807) is 0 Å². The molecular weight excluding hydrogens is 352 g/mol. The molecule has 2 nitrogen and oxygen atoms in total. The Morgan fingerprint density at radius 3 is 2.28 bits per heavy atom. The molecule has 5 aromatic carbocycles. The second-order valence-corrected chi connectivity index (χ2v) is 7.78. The number of benzene rings is 5. The van der Waals surface area contributed by atoms with Gasteiger partial charge >= 0.3 is 0 Å². The predicted octanol–water partition coefficient (Wildman–Crippen LogP) is 7.01. The molecule has 0 N–H and O–H groups in total. The number of aromatic nitrogens is 2. The summed E-state index contributed by atoms with van der Waals surface area (Å²) in [4.78, 5) is 4.75. The largest absolute Gasteiger partial charge is 0.331 e. The van der Waals surface area contributed by atoms with Gasteiger partial charge in [0.05, 0.1) is 11.0 Å². The van der Waals surface area contributed by atoms with Crippen LogP contribution in [0.1, 0.15) is 5.82 Å². The first-order chi connectivity index (χ1) is 14.2. The molecule has 0 fully saturated rings. The maximum atomic E-state index is 4.75. The van der Waals surface area contributed by atoms with Crippen molar-refractivity contribution in [3.63, 3.8) is 0 Å². The average Bonchev–Trinajstić information content (AvgIpc) is 3.05. The van der Waals surface area contributed by atoms with E-state index < -0.39 is 0 Å². The van der Waals surface area contributed by atoms with E-state index in [-0.39, 0.29) is 0 Å². The molecule has 1 aromatic heterocycles. The first-order valence-electron chi connectivity index (χ1n) is 9.97. The predicted molar refractivity (Wildman–Crippen MR) is 123 cm³/mol. The van der Waals surface area contributed by atoms with Crippen molar-refractivity contribution in [2.75, 3.05) is 0 Å². The molecule has 29 heavy (non-hydrogen) atoms. The number of aryl methyl sites for hydroxylation is 2. The molecule has 0 spiro atoms. The van der Waals surface area contributed by atoms with Crippen LogP contribution in [0.3, 0.4) is 0 Å². The van der Waals surface area contributed by atoms with E-state index in [0.717, 1.165) is 11.3 Å². The topological polar surface area (TPSA) is 17.8 Å². The second kappa shape index (κ2) is 5.92. The molecule has 6 aromatic rings. The lowest BCUT2D eigenvalue weighted by molar-refractivity contribution is 0.886. The third-order valence-electron chi connectivity index (χ3n) is 6.16. The molecule has 0 saturated carbocycles. The SMILES string of the molecule is Cc1nc2cc(-c3cc4ccc5ccccc5c4c4ccccc34)ccc2n1C. The van der Waals surface area contributed by atoms with Crippen molar-refractivity contribution >= 4 is 43.4 Å². The van der Waals surface area contributed by atoms with Gasteiger partial charge in [-0.2, -0.15) is 0 Å². The number of rotatable bonds is 1. The lowest BCUT2D eigenvalue weighted by atomic mass is 9.91. The Labute approximate surface area is 169 Å².